The van der Waals surface area contributed by atoms with Crippen molar-refractivity contribution in [3.05, 3.63) is 41.3 Å². The summed E-state index contributed by atoms with van der Waals surface area (Å²) in [4.78, 5) is 0. The zero-order valence-electron chi connectivity index (χ0n) is 12.2. The van der Waals surface area contributed by atoms with E-state index in [4.69, 9.17) is 4.74 Å². The summed E-state index contributed by atoms with van der Waals surface area (Å²) < 4.78 is 31.1. The highest BCUT2D eigenvalue weighted by atomic mass is 32.2. The lowest BCUT2D eigenvalue weighted by Gasteiger charge is -2.19. The molecule has 0 aromatic heterocycles. The predicted molar refractivity (Wildman–Crippen MR) is 82.8 cm³/mol. The van der Waals surface area contributed by atoms with Crippen molar-refractivity contribution in [3.8, 4) is 0 Å². The van der Waals surface area contributed by atoms with Gasteiger partial charge in [0.25, 0.3) is 0 Å². The van der Waals surface area contributed by atoms with Gasteiger partial charge in [0.05, 0.1) is 6.61 Å². The highest BCUT2D eigenvalue weighted by Crippen LogP contribution is 2.09. The fraction of sp³-hybridized carbons (Fsp3) is 0.467. The Hall–Kier alpha value is -1.17. The van der Waals surface area contributed by atoms with Crippen LogP contribution < -0.4 is 0 Å². The lowest BCUT2D eigenvalue weighted by Crippen LogP contribution is -2.33. The minimum atomic E-state index is -3.39. The first-order valence-corrected chi connectivity index (χ1v) is 8.32. The molecular formula is C15H23NO3S. The average Bonchev–Trinajstić information content (AvgIpc) is 2.46. The van der Waals surface area contributed by atoms with Crippen LogP contribution in [0, 0.1) is 0 Å². The molecule has 0 atom stereocenters. The van der Waals surface area contributed by atoms with Gasteiger partial charge in [0.15, 0.2) is 0 Å². The van der Waals surface area contributed by atoms with Crippen molar-refractivity contribution in [1.29, 1.82) is 0 Å². The number of hydrogen-bond acceptors (Lipinski definition) is 3. The Balaban J connectivity index is 2.78. The molecule has 0 bridgehead atoms. The Bertz CT molecular complexity index is 489. The van der Waals surface area contributed by atoms with E-state index in [-0.39, 0.29) is 0 Å². The van der Waals surface area contributed by atoms with E-state index in [1.54, 1.807) is 13.2 Å². The summed E-state index contributed by atoms with van der Waals surface area (Å²) in [6.45, 7) is 3.36. The third-order valence-electron chi connectivity index (χ3n) is 2.90. The molecule has 1 aromatic rings. The first kappa shape index (κ1) is 16.9. The van der Waals surface area contributed by atoms with Crippen molar-refractivity contribution in [1.82, 2.24) is 4.31 Å². The smallest absolute Gasteiger partial charge is 0.236 e. The fourth-order valence-electron chi connectivity index (χ4n) is 1.71. The minimum absolute atomic E-state index is 0.387. The number of nitrogens with zero attached hydrogens (tertiary/aromatic N) is 1. The zero-order valence-corrected chi connectivity index (χ0v) is 13.0. The van der Waals surface area contributed by atoms with Crippen LogP contribution in [0.25, 0.3) is 6.08 Å². The SMILES string of the molecule is CCCCN(CCOC)S(=O)(=O)C=Cc1ccccc1. The molecule has 0 saturated heterocycles. The fourth-order valence-corrected chi connectivity index (χ4v) is 2.92. The van der Waals surface area contributed by atoms with Crippen LogP contribution in [0.4, 0.5) is 0 Å². The number of rotatable bonds is 9. The maximum Gasteiger partial charge on any atom is 0.236 e. The van der Waals surface area contributed by atoms with E-state index in [0.717, 1.165) is 18.4 Å². The van der Waals surface area contributed by atoms with E-state index >= 15 is 0 Å². The number of unbranched alkanes of at least 4 members (excludes halogenated alkanes) is 1. The van der Waals surface area contributed by atoms with Crippen LogP contribution in [-0.2, 0) is 14.8 Å². The van der Waals surface area contributed by atoms with Crippen molar-refractivity contribution < 1.29 is 13.2 Å². The molecule has 0 heterocycles. The summed E-state index contributed by atoms with van der Waals surface area (Å²) in [6, 6.07) is 9.41. The normalized spacial score (nSPS) is 12.3. The predicted octanol–water partition coefficient (Wildman–Crippen LogP) is 2.74. The topological polar surface area (TPSA) is 46.6 Å². The van der Waals surface area contributed by atoms with Gasteiger partial charge in [-0.2, -0.15) is 4.31 Å². The van der Waals surface area contributed by atoms with E-state index in [1.807, 2.05) is 37.3 Å². The van der Waals surface area contributed by atoms with Gasteiger partial charge < -0.3 is 4.74 Å². The zero-order chi connectivity index (χ0) is 14.8. The molecule has 0 fully saturated rings. The van der Waals surface area contributed by atoms with Crippen LogP contribution in [0.2, 0.25) is 0 Å². The van der Waals surface area contributed by atoms with Gasteiger partial charge in [0.1, 0.15) is 0 Å². The number of hydrogen-bond donors (Lipinski definition) is 0. The van der Waals surface area contributed by atoms with E-state index in [0.29, 0.717) is 19.7 Å². The summed E-state index contributed by atoms with van der Waals surface area (Å²) in [5.41, 5.74) is 0.873. The third kappa shape index (κ3) is 5.86. The van der Waals surface area contributed by atoms with Crippen molar-refractivity contribution >= 4 is 16.1 Å². The molecule has 0 aliphatic rings. The number of methoxy groups -OCH3 is 1. The Kier molecular flexibility index (Phi) is 7.51. The Morgan fingerprint density at radius 2 is 1.90 bits per heavy atom. The Morgan fingerprint density at radius 1 is 1.20 bits per heavy atom. The first-order chi connectivity index (χ1) is 9.60. The quantitative estimate of drug-likeness (QED) is 0.704. The molecule has 112 valence electrons. The lowest BCUT2D eigenvalue weighted by atomic mass is 10.2. The molecule has 0 unspecified atom stereocenters. The highest BCUT2D eigenvalue weighted by Gasteiger charge is 2.17. The van der Waals surface area contributed by atoms with Gasteiger partial charge in [0, 0.05) is 25.6 Å². The molecule has 0 aliphatic heterocycles. The van der Waals surface area contributed by atoms with Crippen molar-refractivity contribution in [3.63, 3.8) is 0 Å². The average molecular weight is 297 g/mol. The molecule has 0 amide bonds. The summed E-state index contributed by atoms with van der Waals surface area (Å²) in [7, 11) is -1.82. The molecule has 0 aliphatic carbocycles. The summed E-state index contributed by atoms with van der Waals surface area (Å²) in [6.07, 6.45) is 3.44. The second-order valence-electron chi connectivity index (χ2n) is 4.50. The maximum atomic E-state index is 12.3. The largest absolute Gasteiger partial charge is 0.383 e. The summed E-state index contributed by atoms with van der Waals surface area (Å²) in [5, 5.41) is 1.27. The second kappa shape index (κ2) is 8.89. The van der Waals surface area contributed by atoms with Crippen LogP contribution >= 0.6 is 0 Å². The molecule has 0 saturated carbocycles. The molecule has 1 rings (SSSR count). The number of ether oxygens (including phenoxy) is 1. The molecule has 0 radical (unpaired) electrons. The molecular weight excluding hydrogens is 274 g/mol. The minimum Gasteiger partial charge on any atom is -0.383 e. The van der Waals surface area contributed by atoms with E-state index in [9.17, 15) is 8.42 Å². The van der Waals surface area contributed by atoms with Gasteiger partial charge in [-0.05, 0) is 18.1 Å². The standard InChI is InChI=1S/C15H23NO3S/c1-3-4-11-16(12-13-19-2)20(17,18)14-10-15-8-6-5-7-9-15/h5-10,14H,3-4,11-13H2,1-2H3. The van der Waals surface area contributed by atoms with Gasteiger partial charge >= 0.3 is 0 Å². The summed E-state index contributed by atoms with van der Waals surface area (Å²) >= 11 is 0. The highest BCUT2D eigenvalue weighted by molar-refractivity contribution is 7.92. The number of benzene rings is 1. The molecule has 0 spiro atoms. The number of sulfonamides is 1. The third-order valence-corrected chi connectivity index (χ3v) is 4.46. The second-order valence-corrected chi connectivity index (χ2v) is 6.32. The molecule has 5 heteroatoms. The van der Waals surface area contributed by atoms with Gasteiger partial charge in [-0.1, -0.05) is 43.7 Å². The van der Waals surface area contributed by atoms with Gasteiger partial charge in [-0.15, -0.1) is 0 Å². The van der Waals surface area contributed by atoms with Gasteiger partial charge in [-0.25, -0.2) is 8.42 Å². The molecule has 0 N–H and O–H groups in total. The maximum absolute atomic E-state index is 12.3. The van der Waals surface area contributed by atoms with Gasteiger partial charge in [-0.3, -0.25) is 0 Å². The van der Waals surface area contributed by atoms with Crippen molar-refractivity contribution in [2.24, 2.45) is 0 Å². The van der Waals surface area contributed by atoms with E-state index in [2.05, 4.69) is 0 Å². The van der Waals surface area contributed by atoms with Crippen LogP contribution in [-0.4, -0.2) is 39.5 Å². The lowest BCUT2D eigenvalue weighted by molar-refractivity contribution is 0.179. The van der Waals surface area contributed by atoms with Crippen LogP contribution in [0.5, 0.6) is 0 Å². The van der Waals surface area contributed by atoms with Gasteiger partial charge in [0.2, 0.25) is 10.0 Å². The molecule has 4 nitrogen and oxygen atoms in total. The first-order valence-electron chi connectivity index (χ1n) is 6.82. The van der Waals surface area contributed by atoms with E-state index < -0.39 is 10.0 Å². The van der Waals surface area contributed by atoms with Crippen molar-refractivity contribution in [2.45, 2.75) is 19.8 Å². The Labute approximate surface area is 122 Å². The summed E-state index contributed by atoms with van der Waals surface area (Å²) in [5.74, 6) is 0. The monoisotopic (exact) mass is 297 g/mol. The van der Waals surface area contributed by atoms with Crippen LogP contribution in [0.1, 0.15) is 25.3 Å². The van der Waals surface area contributed by atoms with E-state index in [1.165, 1.54) is 9.71 Å². The Morgan fingerprint density at radius 3 is 2.50 bits per heavy atom. The van der Waals surface area contributed by atoms with Crippen LogP contribution in [0.3, 0.4) is 0 Å². The van der Waals surface area contributed by atoms with Crippen molar-refractivity contribution in [2.75, 3.05) is 26.8 Å². The molecule has 1 aromatic carbocycles. The molecule has 20 heavy (non-hydrogen) atoms. The van der Waals surface area contributed by atoms with Crippen LogP contribution in [0.15, 0.2) is 35.7 Å².